The third kappa shape index (κ3) is 5.09. The first-order valence-electron chi connectivity index (χ1n) is 11.0. The van der Waals surface area contributed by atoms with E-state index in [0.717, 1.165) is 29.5 Å². The number of isothiocyanates is 1. The van der Waals surface area contributed by atoms with Crippen LogP contribution in [0.25, 0.3) is 17.2 Å². The van der Waals surface area contributed by atoms with Crippen LogP contribution in [0.4, 0.5) is 14.5 Å². The molecule has 1 aliphatic carbocycles. The Labute approximate surface area is 193 Å². The van der Waals surface area contributed by atoms with Crippen LogP contribution in [0.15, 0.2) is 65.2 Å². The zero-order valence-corrected chi connectivity index (χ0v) is 18.9. The van der Waals surface area contributed by atoms with E-state index in [9.17, 15) is 8.78 Å². The van der Waals surface area contributed by atoms with Gasteiger partial charge in [0.05, 0.1) is 5.16 Å². The number of allylic oxidation sites excluding steroid dienone is 1. The summed E-state index contributed by atoms with van der Waals surface area (Å²) in [7, 11) is 0. The summed E-state index contributed by atoms with van der Waals surface area (Å²) in [6.07, 6.45) is 7.93. The van der Waals surface area contributed by atoms with E-state index in [1.54, 1.807) is 18.2 Å². The molecule has 4 heteroatoms. The summed E-state index contributed by atoms with van der Waals surface area (Å²) in [5.41, 5.74) is 7.57. The normalized spacial score (nSPS) is 12.3. The molecule has 0 unspecified atom stereocenters. The van der Waals surface area contributed by atoms with Gasteiger partial charge in [0.2, 0.25) is 0 Å². The summed E-state index contributed by atoms with van der Waals surface area (Å²) in [6.45, 7) is 2.21. The van der Waals surface area contributed by atoms with Crippen LogP contribution in [0.2, 0.25) is 0 Å². The number of benzene rings is 3. The maximum atomic E-state index is 14.8. The van der Waals surface area contributed by atoms with E-state index >= 15 is 0 Å². The maximum Gasteiger partial charge on any atom is 0.149 e. The van der Waals surface area contributed by atoms with Gasteiger partial charge in [-0.05, 0) is 102 Å². The number of thiocarbonyl (C=S) groups is 1. The minimum Gasteiger partial charge on any atom is -0.207 e. The number of halogens is 2. The molecule has 1 aliphatic rings. The monoisotopic (exact) mass is 445 g/mol. The maximum absolute atomic E-state index is 14.8. The molecule has 0 saturated carbocycles. The van der Waals surface area contributed by atoms with E-state index in [1.807, 2.05) is 12.1 Å². The van der Waals surface area contributed by atoms with Gasteiger partial charge in [-0.3, -0.25) is 0 Å². The van der Waals surface area contributed by atoms with Gasteiger partial charge in [0.15, 0.2) is 0 Å². The Morgan fingerprint density at radius 2 is 1.72 bits per heavy atom. The SMILES string of the molecule is CCCCC1=Cc2cc(-c3ccc(CCc4ccc(N=C=S)c(F)c4)c(F)c3)ccc2C1. The van der Waals surface area contributed by atoms with Crippen molar-refractivity contribution in [1.29, 1.82) is 0 Å². The molecule has 3 aromatic rings. The van der Waals surface area contributed by atoms with Crippen LogP contribution in [0.5, 0.6) is 0 Å². The topological polar surface area (TPSA) is 12.4 Å². The van der Waals surface area contributed by atoms with Crippen molar-refractivity contribution in [2.45, 2.75) is 45.4 Å². The van der Waals surface area contributed by atoms with Crippen molar-refractivity contribution in [3.63, 3.8) is 0 Å². The summed E-state index contributed by atoms with van der Waals surface area (Å²) in [5.74, 6) is -0.677. The average molecular weight is 446 g/mol. The summed E-state index contributed by atoms with van der Waals surface area (Å²) in [5, 5.41) is 2.17. The number of aliphatic imine (C=N–C) groups is 1. The minimum atomic E-state index is -0.445. The zero-order valence-electron chi connectivity index (χ0n) is 18.1. The van der Waals surface area contributed by atoms with Crippen LogP contribution in [-0.4, -0.2) is 5.16 Å². The predicted molar refractivity (Wildman–Crippen MR) is 132 cm³/mol. The molecule has 162 valence electrons. The van der Waals surface area contributed by atoms with Crippen molar-refractivity contribution in [2.75, 3.05) is 0 Å². The van der Waals surface area contributed by atoms with Gasteiger partial charge in [0.25, 0.3) is 0 Å². The smallest absolute Gasteiger partial charge is 0.149 e. The number of hydrogen-bond acceptors (Lipinski definition) is 2. The third-order valence-electron chi connectivity index (χ3n) is 6.02. The third-order valence-corrected chi connectivity index (χ3v) is 6.11. The molecule has 0 spiro atoms. The Kier molecular flexibility index (Phi) is 7.04. The van der Waals surface area contributed by atoms with Gasteiger partial charge in [-0.15, -0.1) is 0 Å². The summed E-state index contributed by atoms with van der Waals surface area (Å²) < 4.78 is 28.8. The highest BCUT2D eigenvalue weighted by Crippen LogP contribution is 2.32. The number of aryl methyl sites for hydroxylation is 2. The van der Waals surface area contributed by atoms with Crippen LogP contribution in [0.3, 0.4) is 0 Å². The van der Waals surface area contributed by atoms with E-state index in [-0.39, 0.29) is 11.5 Å². The molecule has 0 heterocycles. The second kappa shape index (κ2) is 10.1. The molecule has 0 amide bonds. The van der Waals surface area contributed by atoms with Crippen LogP contribution in [-0.2, 0) is 19.3 Å². The lowest BCUT2D eigenvalue weighted by atomic mass is 9.97. The van der Waals surface area contributed by atoms with E-state index in [1.165, 1.54) is 35.6 Å². The molecule has 0 aromatic heterocycles. The fourth-order valence-electron chi connectivity index (χ4n) is 4.20. The molecule has 0 aliphatic heterocycles. The van der Waals surface area contributed by atoms with Gasteiger partial charge in [-0.1, -0.05) is 55.3 Å². The van der Waals surface area contributed by atoms with E-state index < -0.39 is 5.82 Å². The molecule has 0 bridgehead atoms. The Bertz CT molecular complexity index is 1220. The molecular weight excluding hydrogens is 420 g/mol. The van der Waals surface area contributed by atoms with Crippen molar-refractivity contribution < 1.29 is 8.78 Å². The van der Waals surface area contributed by atoms with Crippen LogP contribution in [0, 0.1) is 11.6 Å². The van der Waals surface area contributed by atoms with Crippen molar-refractivity contribution in [2.24, 2.45) is 4.99 Å². The molecule has 0 fully saturated rings. The Hall–Kier alpha value is -2.94. The van der Waals surface area contributed by atoms with E-state index in [2.05, 4.69) is 53.6 Å². The van der Waals surface area contributed by atoms with Gasteiger partial charge in [0.1, 0.15) is 17.3 Å². The van der Waals surface area contributed by atoms with Gasteiger partial charge < -0.3 is 0 Å². The van der Waals surface area contributed by atoms with Gasteiger partial charge in [0, 0.05) is 0 Å². The first kappa shape index (κ1) is 22.3. The fourth-order valence-corrected chi connectivity index (χ4v) is 4.30. The lowest BCUT2D eigenvalue weighted by Crippen LogP contribution is -1.96. The lowest BCUT2D eigenvalue weighted by molar-refractivity contribution is 0.608. The number of unbranched alkanes of at least 4 members (excludes halogenated alkanes) is 1. The molecule has 32 heavy (non-hydrogen) atoms. The van der Waals surface area contributed by atoms with Crippen LogP contribution >= 0.6 is 12.2 Å². The van der Waals surface area contributed by atoms with Crippen molar-refractivity contribution in [3.05, 3.63) is 94.1 Å². The molecular formula is C28H25F2NS. The second-order valence-electron chi connectivity index (χ2n) is 8.29. The Morgan fingerprint density at radius 3 is 2.47 bits per heavy atom. The summed E-state index contributed by atoms with van der Waals surface area (Å²) in [6, 6.07) is 16.6. The van der Waals surface area contributed by atoms with Gasteiger partial charge in [-0.2, -0.15) is 4.99 Å². The van der Waals surface area contributed by atoms with Crippen molar-refractivity contribution in [3.8, 4) is 11.1 Å². The average Bonchev–Trinajstić information content (AvgIpc) is 3.20. The van der Waals surface area contributed by atoms with Gasteiger partial charge in [-0.25, -0.2) is 8.78 Å². The number of nitrogens with zero attached hydrogens (tertiary/aromatic N) is 1. The highest BCUT2D eigenvalue weighted by atomic mass is 32.1. The molecule has 0 radical (unpaired) electrons. The largest absolute Gasteiger partial charge is 0.207 e. The first-order chi connectivity index (χ1) is 15.6. The number of fused-ring (bicyclic) bond motifs is 1. The molecule has 0 saturated heterocycles. The number of hydrogen-bond donors (Lipinski definition) is 0. The Balaban J connectivity index is 1.47. The first-order valence-corrected chi connectivity index (χ1v) is 11.5. The lowest BCUT2D eigenvalue weighted by Gasteiger charge is -2.09. The molecule has 4 rings (SSSR count). The molecule has 0 atom stereocenters. The van der Waals surface area contributed by atoms with E-state index in [4.69, 9.17) is 0 Å². The van der Waals surface area contributed by atoms with E-state index in [0.29, 0.717) is 18.4 Å². The predicted octanol–water partition coefficient (Wildman–Crippen LogP) is 8.28. The fraction of sp³-hybridized carbons (Fsp3) is 0.250. The van der Waals surface area contributed by atoms with Crippen LogP contribution in [0.1, 0.15) is 48.4 Å². The minimum absolute atomic E-state index is 0.168. The Morgan fingerprint density at radius 1 is 0.906 bits per heavy atom. The second-order valence-corrected chi connectivity index (χ2v) is 8.47. The molecule has 1 nitrogen and oxygen atoms in total. The molecule has 3 aromatic carbocycles. The van der Waals surface area contributed by atoms with Crippen LogP contribution < -0.4 is 0 Å². The quantitative estimate of drug-likeness (QED) is 0.251. The summed E-state index contributed by atoms with van der Waals surface area (Å²) >= 11 is 4.52. The van der Waals surface area contributed by atoms with Crippen molar-refractivity contribution in [1.82, 2.24) is 0 Å². The highest BCUT2D eigenvalue weighted by Gasteiger charge is 2.14. The summed E-state index contributed by atoms with van der Waals surface area (Å²) in [4.78, 5) is 3.68. The van der Waals surface area contributed by atoms with Gasteiger partial charge >= 0.3 is 0 Å². The standard InChI is InChI=1S/C28H25F2NS/c1-2-3-4-20-13-22-10-11-23(16-25(22)14-20)24-9-8-21(26(29)17-24)7-5-19-6-12-28(31-18-32)27(30)15-19/h6,8-12,14-17H,2-5,7,13H2,1H3. The molecule has 0 N–H and O–H groups in total. The zero-order chi connectivity index (χ0) is 22.5. The van der Waals surface area contributed by atoms with Crippen molar-refractivity contribution >= 4 is 29.1 Å². The highest BCUT2D eigenvalue weighted by molar-refractivity contribution is 7.78. The number of rotatable bonds is 8.